The number of hydrogen-bond donors (Lipinski definition) is 4. The first-order valence-corrected chi connectivity index (χ1v) is 6.64. The molecule has 8 nitrogen and oxygen atoms in total. The van der Waals surface area contributed by atoms with Gasteiger partial charge in [0.15, 0.2) is 11.5 Å². The zero-order chi connectivity index (χ0) is 14.4. The van der Waals surface area contributed by atoms with Crippen LogP contribution in [-0.2, 0) is 4.79 Å². The molecule has 20 heavy (non-hydrogen) atoms. The fourth-order valence-electron chi connectivity index (χ4n) is 1.70. The van der Waals surface area contributed by atoms with E-state index in [1.54, 1.807) is 6.33 Å². The van der Waals surface area contributed by atoms with Crippen LogP contribution in [0.5, 0.6) is 0 Å². The molecule has 2 aromatic heterocycles. The normalized spacial score (nSPS) is 10.5. The quantitative estimate of drug-likeness (QED) is 0.556. The second kappa shape index (κ2) is 6.69. The van der Waals surface area contributed by atoms with Crippen LogP contribution in [-0.4, -0.2) is 45.5 Å². The Labute approximate surface area is 116 Å². The van der Waals surface area contributed by atoms with Crippen LogP contribution in [0.3, 0.4) is 0 Å². The Bertz CT molecular complexity index is 580. The largest absolute Gasteiger partial charge is 0.366 e. The third-order valence-electron chi connectivity index (χ3n) is 2.61. The lowest BCUT2D eigenvalue weighted by Crippen LogP contribution is -2.26. The molecule has 0 radical (unpaired) electrons. The maximum Gasteiger partial charge on any atom is 0.226 e. The van der Waals surface area contributed by atoms with Crippen LogP contribution in [0.4, 0.5) is 11.8 Å². The topological polar surface area (TPSA) is 108 Å². The molecule has 0 unspecified atom stereocenters. The molecule has 0 spiro atoms. The summed E-state index contributed by atoms with van der Waals surface area (Å²) in [6.07, 6.45) is 2.58. The van der Waals surface area contributed by atoms with Crippen molar-refractivity contribution in [1.29, 1.82) is 0 Å². The third-order valence-corrected chi connectivity index (χ3v) is 2.61. The van der Waals surface area contributed by atoms with E-state index in [9.17, 15) is 4.79 Å². The van der Waals surface area contributed by atoms with Gasteiger partial charge in [0, 0.05) is 26.6 Å². The number of fused-ring (bicyclic) bond motifs is 1. The Morgan fingerprint density at radius 1 is 1.25 bits per heavy atom. The van der Waals surface area contributed by atoms with Gasteiger partial charge in [-0.1, -0.05) is 6.92 Å². The number of imidazole rings is 1. The third kappa shape index (κ3) is 3.56. The molecule has 8 heteroatoms. The fraction of sp³-hybridized carbons (Fsp3) is 0.500. The highest BCUT2D eigenvalue weighted by Gasteiger charge is 2.09. The van der Waals surface area contributed by atoms with E-state index < -0.39 is 0 Å². The Kier molecular flexibility index (Phi) is 4.70. The number of carbonyl (C=O) groups is 1. The average Bonchev–Trinajstić information content (AvgIpc) is 2.89. The van der Waals surface area contributed by atoms with Crippen LogP contribution in [0.2, 0.25) is 0 Å². The number of nitrogens with zero attached hydrogens (tertiary/aromatic N) is 3. The maximum absolute atomic E-state index is 10.8. The van der Waals surface area contributed by atoms with E-state index in [2.05, 4.69) is 42.8 Å². The number of hydrogen-bond acceptors (Lipinski definition) is 6. The highest BCUT2D eigenvalue weighted by Crippen LogP contribution is 2.18. The van der Waals surface area contributed by atoms with Gasteiger partial charge in [0.05, 0.1) is 6.33 Å². The first kappa shape index (κ1) is 14.0. The molecule has 0 saturated carbocycles. The number of nitrogens with one attached hydrogen (secondary N) is 4. The maximum atomic E-state index is 10.8. The van der Waals surface area contributed by atoms with E-state index in [0.29, 0.717) is 30.5 Å². The molecule has 2 rings (SSSR count). The van der Waals surface area contributed by atoms with E-state index in [-0.39, 0.29) is 5.91 Å². The monoisotopic (exact) mass is 277 g/mol. The minimum atomic E-state index is -0.0496. The van der Waals surface area contributed by atoms with E-state index in [4.69, 9.17) is 0 Å². The molecule has 1 amide bonds. The molecule has 2 heterocycles. The van der Waals surface area contributed by atoms with Crippen LogP contribution in [0.25, 0.3) is 11.2 Å². The van der Waals surface area contributed by atoms with Gasteiger partial charge in [-0.05, 0) is 6.42 Å². The smallest absolute Gasteiger partial charge is 0.226 e. The lowest BCUT2D eigenvalue weighted by atomic mass is 10.4. The molecule has 0 fully saturated rings. The molecule has 4 N–H and O–H groups in total. The van der Waals surface area contributed by atoms with Gasteiger partial charge in [-0.2, -0.15) is 9.97 Å². The summed E-state index contributed by atoms with van der Waals surface area (Å²) in [6, 6.07) is 0. The molecule has 0 aliphatic heterocycles. The lowest BCUT2D eigenvalue weighted by molar-refractivity contribution is -0.118. The number of H-pyrrole nitrogens is 1. The first-order chi connectivity index (χ1) is 9.70. The first-order valence-electron chi connectivity index (χ1n) is 6.64. The molecule has 2 aromatic rings. The average molecular weight is 277 g/mol. The highest BCUT2D eigenvalue weighted by atomic mass is 16.1. The van der Waals surface area contributed by atoms with Crippen molar-refractivity contribution in [1.82, 2.24) is 25.3 Å². The predicted molar refractivity (Wildman–Crippen MR) is 77.6 cm³/mol. The molecule has 0 aromatic carbocycles. The van der Waals surface area contributed by atoms with Crippen LogP contribution >= 0.6 is 0 Å². The van der Waals surface area contributed by atoms with E-state index >= 15 is 0 Å². The van der Waals surface area contributed by atoms with Gasteiger partial charge in [0.1, 0.15) is 5.52 Å². The van der Waals surface area contributed by atoms with Crippen molar-refractivity contribution >= 4 is 28.8 Å². The summed E-state index contributed by atoms with van der Waals surface area (Å²) in [5.74, 6) is 1.18. The Hall–Kier alpha value is -2.38. The van der Waals surface area contributed by atoms with Gasteiger partial charge in [-0.15, -0.1) is 0 Å². The van der Waals surface area contributed by atoms with Crippen LogP contribution in [0.15, 0.2) is 6.33 Å². The summed E-state index contributed by atoms with van der Waals surface area (Å²) < 4.78 is 0. The zero-order valence-corrected chi connectivity index (χ0v) is 11.7. The second-order valence-corrected chi connectivity index (χ2v) is 4.33. The van der Waals surface area contributed by atoms with Crippen molar-refractivity contribution in [3.63, 3.8) is 0 Å². The zero-order valence-electron chi connectivity index (χ0n) is 11.7. The molecule has 0 aliphatic rings. The summed E-state index contributed by atoms with van der Waals surface area (Å²) >= 11 is 0. The SMILES string of the molecule is CCCNc1nc(NCCNC(C)=O)c2[nH]cnc2n1. The van der Waals surface area contributed by atoms with Gasteiger partial charge < -0.3 is 20.9 Å². The van der Waals surface area contributed by atoms with Crippen molar-refractivity contribution in [3.05, 3.63) is 6.33 Å². The lowest BCUT2D eigenvalue weighted by Gasteiger charge is -2.09. The van der Waals surface area contributed by atoms with Gasteiger partial charge in [0.25, 0.3) is 0 Å². The minimum absolute atomic E-state index is 0.0496. The number of aromatic amines is 1. The summed E-state index contributed by atoms with van der Waals surface area (Å²) in [6.45, 7) is 5.49. The van der Waals surface area contributed by atoms with Gasteiger partial charge >= 0.3 is 0 Å². The predicted octanol–water partition coefficient (Wildman–Crippen LogP) is 0.723. The number of anilines is 2. The Morgan fingerprint density at radius 3 is 2.85 bits per heavy atom. The summed E-state index contributed by atoms with van der Waals surface area (Å²) in [7, 11) is 0. The summed E-state index contributed by atoms with van der Waals surface area (Å²) in [5, 5.41) is 9.03. The summed E-state index contributed by atoms with van der Waals surface area (Å²) in [4.78, 5) is 26.7. The van der Waals surface area contributed by atoms with Gasteiger partial charge in [0.2, 0.25) is 11.9 Å². The highest BCUT2D eigenvalue weighted by molar-refractivity contribution is 5.83. The number of aromatic nitrogens is 4. The number of carbonyl (C=O) groups excluding carboxylic acids is 1. The Morgan fingerprint density at radius 2 is 2.10 bits per heavy atom. The second-order valence-electron chi connectivity index (χ2n) is 4.33. The molecule has 0 bridgehead atoms. The molecule has 0 aliphatic carbocycles. The molecular formula is C12H19N7O. The van der Waals surface area contributed by atoms with Crippen molar-refractivity contribution in [3.8, 4) is 0 Å². The van der Waals surface area contributed by atoms with Gasteiger partial charge in [-0.3, -0.25) is 4.79 Å². The van der Waals surface area contributed by atoms with Crippen LogP contribution in [0, 0.1) is 0 Å². The van der Waals surface area contributed by atoms with Gasteiger partial charge in [-0.25, -0.2) is 4.98 Å². The van der Waals surface area contributed by atoms with Crippen molar-refractivity contribution < 1.29 is 4.79 Å². The minimum Gasteiger partial charge on any atom is -0.366 e. The van der Waals surface area contributed by atoms with Crippen LogP contribution < -0.4 is 16.0 Å². The number of amides is 1. The van der Waals surface area contributed by atoms with E-state index in [1.165, 1.54) is 6.92 Å². The summed E-state index contributed by atoms with van der Waals surface area (Å²) in [5.41, 5.74) is 1.37. The standard InChI is InChI=1S/C12H19N7O/c1-3-4-15-12-18-10(14-6-5-13-8(2)20)9-11(19-12)17-7-16-9/h7H,3-6H2,1-2H3,(H,13,20)(H3,14,15,16,17,18,19). The van der Waals surface area contributed by atoms with E-state index in [1.807, 2.05) is 0 Å². The van der Waals surface area contributed by atoms with Crippen molar-refractivity contribution in [2.45, 2.75) is 20.3 Å². The number of rotatable bonds is 7. The van der Waals surface area contributed by atoms with Crippen LogP contribution in [0.1, 0.15) is 20.3 Å². The fourth-order valence-corrected chi connectivity index (χ4v) is 1.70. The molecule has 108 valence electrons. The molecular weight excluding hydrogens is 258 g/mol. The Balaban J connectivity index is 2.08. The van der Waals surface area contributed by atoms with Crippen molar-refractivity contribution in [2.75, 3.05) is 30.3 Å². The molecule has 0 atom stereocenters. The molecule has 0 saturated heterocycles. The van der Waals surface area contributed by atoms with E-state index in [0.717, 1.165) is 18.5 Å². The van der Waals surface area contributed by atoms with Crippen molar-refractivity contribution in [2.24, 2.45) is 0 Å².